The number of carboxylic acid groups (broad SMARTS) is 2. The van der Waals surface area contributed by atoms with Gasteiger partial charge in [0.15, 0.2) is 0 Å². The molecule has 6 heteroatoms. The second-order valence-electron chi connectivity index (χ2n) is 1.54. The van der Waals surface area contributed by atoms with E-state index in [1.54, 1.807) is 0 Å². The number of carboxylic acids is 2. The predicted octanol–water partition coefficient (Wildman–Crippen LogP) is 1.20. The molecular weight excluding hydrogens is 284 g/mol. The van der Waals surface area contributed by atoms with Gasteiger partial charge in [-0.1, -0.05) is 31.9 Å². The van der Waals surface area contributed by atoms with Crippen molar-refractivity contribution >= 4 is 43.8 Å². The van der Waals surface area contributed by atoms with Crippen molar-refractivity contribution in [1.82, 2.24) is 0 Å². The summed E-state index contributed by atoms with van der Waals surface area (Å²) in [5, 5.41) is 16.6. The minimum Gasteiger partial charge on any atom is -0.478 e. The molecule has 0 aromatic heterocycles. The lowest BCUT2D eigenvalue weighted by Gasteiger charge is -1.99. The molecule has 0 aliphatic carbocycles. The van der Waals surface area contributed by atoms with Crippen molar-refractivity contribution in [3.8, 4) is 0 Å². The molecule has 0 saturated carbocycles. The molecule has 0 bridgehead atoms. The third-order valence-electron chi connectivity index (χ3n) is 0.761. The van der Waals surface area contributed by atoms with Crippen LogP contribution in [-0.2, 0) is 9.59 Å². The van der Waals surface area contributed by atoms with E-state index in [0.29, 0.717) is 6.08 Å². The van der Waals surface area contributed by atoms with Crippen molar-refractivity contribution < 1.29 is 19.8 Å². The average Bonchev–Trinajstić information content (AvgIpc) is 1.81. The van der Waals surface area contributed by atoms with Gasteiger partial charge in [-0.2, -0.15) is 0 Å². The Morgan fingerprint density at radius 3 is 1.82 bits per heavy atom. The van der Waals surface area contributed by atoms with Crippen molar-refractivity contribution in [2.45, 2.75) is 3.74 Å². The van der Waals surface area contributed by atoms with E-state index in [9.17, 15) is 9.59 Å². The zero-order valence-electron chi connectivity index (χ0n) is 5.12. The molecule has 0 heterocycles. The monoisotopic (exact) mass is 286 g/mol. The second kappa shape index (κ2) is 4.50. The Hall–Kier alpha value is -0.360. The first-order valence-corrected chi connectivity index (χ1v) is 4.24. The molecule has 0 aliphatic rings. The van der Waals surface area contributed by atoms with E-state index in [4.69, 9.17) is 10.2 Å². The lowest BCUT2D eigenvalue weighted by atomic mass is 10.3. The molecule has 2 N–H and O–H groups in total. The van der Waals surface area contributed by atoms with Crippen LogP contribution < -0.4 is 0 Å². The maximum absolute atomic E-state index is 10.3. The molecule has 0 rings (SSSR count). The van der Waals surface area contributed by atoms with Crippen LogP contribution in [0.3, 0.4) is 0 Å². The van der Waals surface area contributed by atoms with Gasteiger partial charge in [-0.15, -0.1) is 0 Å². The molecule has 0 spiro atoms. The van der Waals surface area contributed by atoms with Gasteiger partial charge in [0.25, 0.3) is 0 Å². The van der Waals surface area contributed by atoms with E-state index in [-0.39, 0.29) is 5.57 Å². The van der Waals surface area contributed by atoms with Crippen LogP contribution in [0.25, 0.3) is 0 Å². The summed E-state index contributed by atoms with van der Waals surface area (Å²) in [6, 6.07) is 0. The molecular formula is C5H4Br2O4. The third kappa shape index (κ3) is 4.15. The molecule has 0 aliphatic heterocycles. The molecule has 4 nitrogen and oxygen atoms in total. The van der Waals surface area contributed by atoms with E-state index in [2.05, 4.69) is 31.9 Å². The summed E-state index contributed by atoms with van der Waals surface area (Å²) in [4.78, 5) is 20.3. The van der Waals surface area contributed by atoms with Crippen LogP contribution in [0.2, 0.25) is 0 Å². The van der Waals surface area contributed by atoms with Crippen LogP contribution in [0.5, 0.6) is 0 Å². The minimum atomic E-state index is -1.29. The van der Waals surface area contributed by atoms with Gasteiger partial charge in [0, 0.05) is 6.08 Å². The highest BCUT2D eigenvalue weighted by molar-refractivity contribution is 9.24. The Kier molecular flexibility index (Phi) is 4.36. The molecule has 0 atom stereocenters. The Morgan fingerprint density at radius 1 is 1.27 bits per heavy atom. The Morgan fingerprint density at radius 2 is 1.73 bits per heavy atom. The quantitative estimate of drug-likeness (QED) is 0.604. The summed E-state index contributed by atoms with van der Waals surface area (Å²) in [5.41, 5.74) is -0.252. The van der Waals surface area contributed by atoms with Gasteiger partial charge in [0.05, 0.1) is 5.57 Å². The highest BCUT2D eigenvalue weighted by Crippen LogP contribution is 2.18. The van der Waals surface area contributed by atoms with Crippen LogP contribution in [0.4, 0.5) is 0 Å². The van der Waals surface area contributed by atoms with E-state index < -0.39 is 15.7 Å². The van der Waals surface area contributed by atoms with E-state index >= 15 is 0 Å². The number of hydrogen-bond donors (Lipinski definition) is 2. The molecule has 0 fully saturated rings. The topological polar surface area (TPSA) is 74.6 Å². The van der Waals surface area contributed by atoms with Crippen molar-refractivity contribution in [2.24, 2.45) is 0 Å². The van der Waals surface area contributed by atoms with Gasteiger partial charge in [0.2, 0.25) is 0 Å². The largest absolute Gasteiger partial charge is 0.478 e. The number of halogens is 2. The summed E-state index contributed by atoms with van der Waals surface area (Å²) in [5.74, 6) is -2.56. The number of hydrogen-bond acceptors (Lipinski definition) is 2. The molecule has 11 heavy (non-hydrogen) atoms. The van der Waals surface area contributed by atoms with Crippen LogP contribution in [0.1, 0.15) is 0 Å². The van der Waals surface area contributed by atoms with Gasteiger partial charge in [-0.25, -0.2) is 9.59 Å². The van der Waals surface area contributed by atoms with Crippen molar-refractivity contribution in [3.63, 3.8) is 0 Å². The van der Waals surface area contributed by atoms with Gasteiger partial charge in [-0.05, 0) is 0 Å². The fraction of sp³-hybridized carbons (Fsp3) is 0.200. The van der Waals surface area contributed by atoms with Crippen LogP contribution in [-0.4, -0.2) is 25.9 Å². The van der Waals surface area contributed by atoms with Crippen molar-refractivity contribution in [2.75, 3.05) is 0 Å². The van der Waals surface area contributed by atoms with Gasteiger partial charge in [-0.3, -0.25) is 0 Å². The van der Waals surface area contributed by atoms with Gasteiger partial charge >= 0.3 is 11.9 Å². The van der Waals surface area contributed by atoms with E-state index in [1.807, 2.05) is 0 Å². The van der Waals surface area contributed by atoms with E-state index in [0.717, 1.165) is 0 Å². The normalized spacial score (nSPS) is 11.7. The minimum absolute atomic E-state index is 0.252. The van der Waals surface area contributed by atoms with Gasteiger partial charge < -0.3 is 10.2 Å². The molecule has 0 radical (unpaired) electrons. The average molecular weight is 288 g/mol. The van der Waals surface area contributed by atoms with Crippen LogP contribution in [0.15, 0.2) is 11.6 Å². The summed E-state index contributed by atoms with van der Waals surface area (Å²) in [7, 11) is 0. The summed E-state index contributed by atoms with van der Waals surface area (Å²) >= 11 is 5.75. The predicted molar refractivity (Wildman–Crippen MR) is 45.0 cm³/mol. The molecule has 0 saturated heterocycles. The smallest absolute Gasteiger partial charge is 0.333 e. The first-order chi connectivity index (χ1) is 4.95. The summed E-state index contributed by atoms with van der Waals surface area (Å²) < 4.78 is -0.649. The SMILES string of the molecule is O=C(O)/C=C(/C(=O)O)C(Br)Br. The molecule has 0 aromatic rings. The molecule has 0 unspecified atom stereocenters. The lowest BCUT2D eigenvalue weighted by Crippen LogP contribution is -2.09. The Bertz CT molecular complexity index is 209. The van der Waals surface area contributed by atoms with Crippen LogP contribution >= 0.6 is 31.9 Å². The zero-order chi connectivity index (χ0) is 9.02. The Labute approximate surface area is 79.2 Å². The lowest BCUT2D eigenvalue weighted by molar-refractivity contribution is -0.135. The summed E-state index contributed by atoms with van der Waals surface area (Å²) in [6.07, 6.45) is 0.622. The number of rotatable bonds is 3. The fourth-order valence-electron chi connectivity index (χ4n) is 0.351. The van der Waals surface area contributed by atoms with Crippen molar-refractivity contribution in [1.29, 1.82) is 0 Å². The highest BCUT2D eigenvalue weighted by Gasteiger charge is 2.15. The number of alkyl halides is 2. The molecule has 0 aromatic carbocycles. The van der Waals surface area contributed by atoms with E-state index in [1.165, 1.54) is 0 Å². The maximum atomic E-state index is 10.3. The first-order valence-electron chi connectivity index (χ1n) is 2.41. The maximum Gasteiger partial charge on any atom is 0.333 e. The zero-order valence-corrected chi connectivity index (χ0v) is 8.29. The molecule has 62 valence electrons. The Balaban J connectivity index is 4.60. The highest BCUT2D eigenvalue weighted by atomic mass is 79.9. The first kappa shape index (κ1) is 10.6. The van der Waals surface area contributed by atoms with Gasteiger partial charge in [0.1, 0.15) is 3.74 Å². The number of carbonyl (C=O) groups is 2. The third-order valence-corrected chi connectivity index (χ3v) is 1.75. The number of aliphatic carboxylic acids is 2. The second-order valence-corrected chi connectivity index (χ2v) is 4.60. The van der Waals surface area contributed by atoms with Crippen LogP contribution in [0, 0.1) is 0 Å². The van der Waals surface area contributed by atoms with Crippen molar-refractivity contribution in [3.05, 3.63) is 11.6 Å². The molecule has 0 amide bonds. The fourth-order valence-corrected chi connectivity index (χ4v) is 1.01. The standard InChI is InChI=1S/C5H4Br2O4/c6-4(7)2(5(10)11)1-3(8)9/h1,4H,(H,8,9)(H,10,11)/b2-1+. The summed E-state index contributed by atoms with van der Waals surface area (Å²) in [6.45, 7) is 0.